The summed E-state index contributed by atoms with van der Waals surface area (Å²) < 4.78 is 19.4. The first-order chi connectivity index (χ1) is 7.96. The van der Waals surface area contributed by atoms with Crippen LogP contribution in [0.2, 0.25) is 0 Å². The van der Waals surface area contributed by atoms with Gasteiger partial charge in [0.15, 0.2) is 8.69 Å². The Morgan fingerprint density at radius 3 is 2.00 bits per heavy atom. The van der Waals surface area contributed by atoms with Gasteiger partial charge in [0, 0.05) is 0 Å². The second-order valence-corrected chi connectivity index (χ2v) is 5.90. The zero-order valence-electron chi connectivity index (χ0n) is 9.19. The maximum absolute atomic E-state index is 10.8. The van der Waals surface area contributed by atoms with Gasteiger partial charge in [0.05, 0.1) is 6.16 Å². The summed E-state index contributed by atoms with van der Waals surface area (Å²) in [6.07, 6.45) is 1.63. The molecule has 96 valence electrons. The van der Waals surface area contributed by atoms with Gasteiger partial charge >= 0.3 is 7.60 Å². The Balaban J connectivity index is 0.000000437. The van der Waals surface area contributed by atoms with Crippen LogP contribution in [-0.4, -0.2) is 20.8 Å². The maximum atomic E-state index is 10.8. The van der Waals surface area contributed by atoms with E-state index in [0.29, 0.717) is 0 Å². The van der Waals surface area contributed by atoms with Gasteiger partial charge in [-0.05, 0) is 29.9 Å². The molecule has 0 amide bonds. The quantitative estimate of drug-likeness (QED) is 0.707. The second-order valence-electron chi connectivity index (χ2n) is 4.00. The molecule has 0 saturated heterocycles. The minimum atomic E-state index is -3.84. The topological polar surface area (TPSA) is 94.8 Å². The number of hydrogen-bond donors (Lipinski definition) is 3. The minimum absolute atomic E-state index is 0.0156. The molecule has 0 radical (unpaired) electrons. The summed E-state index contributed by atoms with van der Waals surface area (Å²) in [4.78, 5) is 24.8. The van der Waals surface area contributed by atoms with Crippen LogP contribution in [-0.2, 0) is 22.0 Å². The molecule has 1 aromatic rings. The summed E-state index contributed by atoms with van der Waals surface area (Å²) in [6.45, 7) is 0. The summed E-state index contributed by atoms with van der Waals surface area (Å²) in [5.41, 5.74) is 2.48. The Bertz CT molecular complexity index is 403. The Morgan fingerprint density at radius 1 is 1.24 bits per heavy atom. The summed E-state index contributed by atoms with van der Waals surface area (Å²) in [5.74, 6) is 0.119. The fraction of sp³-hybridized carbons (Fsp3) is 0.400. The van der Waals surface area contributed by atoms with Gasteiger partial charge in [-0.2, -0.15) is 0 Å². The zero-order chi connectivity index (χ0) is 12.9. The molecular formula is C10H16O5P2. The van der Waals surface area contributed by atoms with Crippen molar-refractivity contribution in [2.45, 2.75) is 12.8 Å². The van der Waals surface area contributed by atoms with E-state index >= 15 is 0 Å². The van der Waals surface area contributed by atoms with Crippen molar-refractivity contribution in [2.24, 2.45) is 5.92 Å². The molecule has 1 aliphatic rings. The normalized spacial score (nSPS) is 15.7. The zero-order valence-corrected chi connectivity index (χ0v) is 11.2. The molecule has 0 aromatic heterocycles. The lowest BCUT2D eigenvalue weighted by molar-refractivity contribution is 0.362. The van der Waals surface area contributed by atoms with E-state index in [-0.39, 0.29) is 12.1 Å². The average molecular weight is 278 g/mol. The highest BCUT2D eigenvalue weighted by Gasteiger charge is 2.27. The van der Waals surface area contributed by atoms with Gasteiger partial charge in [0.25, 0.3) is 0 Å². The third kappa shape index (κ3) is 5.15. The Hall–Kier alpha value is -0.440. The van der Waals surface area contributed by atoms with Gasteiger partial charge in [-0.25, -0.2) is 0 Å². The molecule has 1 atom stereocenters. The van der Waals surface area contributed by atoms with E-state index in [1.54, 1.807) is 0 Å². The van der Waals surface area contributed by atoms with Crippen LogP contribution >= 0.6 is 16.3 Å². The standard InChI is InChI=1S/C10H13O3P.H3O2P/c11-14(12,13)7-8-5-9-3-1-2-4-10(9)6-8;1-3-2/h1-4,8H,5-7H2,(H2,11,12,13);3H2,(H,1,2). The molecule has 0 fully saturated rings. The van der Waals surface area contributed by atoms with Crippen LogP contribution in [0.25, 0.3) is 0 Å². The summed E-state index contributed by atoms with van der Waals surface area (Å²) in [6, 6.07) is 8.02. The minimum Gasteiger partial charge on any atom is -0.348 e. The summed E-state index contributed by atoms with van der Waals surface area (Å²) in [5, 5.41) is 0. The van der Waals surface area contributed by atoms with E-state index in [9.17, 15) is 4.57 Å². The first-order valence-corrected chi connectivity index (χ1v) is 7.94. The molecular weight excluding hydrogens is 262 g/mol. The van der Waals surface area contributed by atoms with E-state index < -0.39 is 16.3 Å². The Labute approximate surface area is 101 Å². The van der Waals surface area contributed by atoms with Gasteiger partial charge in [-0.1, -0.05) is 24.3 Å². The van der Waals surface area contributed by atoms with Gasteiger partial charge < -0.3 is 14.7 Å². The van der Waals surface area contributed by atoms with Gasteiger partial charge in [-0.15, -0.1) is 0 Å². The van der Waals surface area contributed by atoms with Crippen molar-refractivity contribution < 1.29 is 23.8 Å². The number of rotatable bonds is 2. The molecule has 1 aromatic carbocycles. The lowest BCUT2D eigenvalue weighted by Gasteiger charge is -2.09. The molecule has 1 unspecified atom stereocenters. The predicted octanol–water partition coefficient (Wildman–Crippen LogP) is 1.23. The molecule has 0 saturated carbocycles. The number of hydrogen-bond acceptors (Lipinski definition) is 2. The van der Waals surface area contributed by atoms with Gasteiger partial charge in [0.2, 0.25) is 0 Å². The van der Waals surface area contributed by atoms with E-state index in [2.05, 4.69) is 0 Å². The van der Waals surface area contributed by atoms with Crippen molar-refractivity contribution >= 4 is 16.3 Å². The second kappa shape index (κ2) is 6.48. The molecule has 17 heavy (non-hydrogen) atoms. The third-order valence-corrected chi connectivity index (χ3v) is 3.62. The number of fused-ring (bicyclic) bond motifs is 1. The maximum Gasteiger partial charge on any atom is 0.325 e. The molecule has 1 aliphatic carbocycles. The van der Waals surface area contributed by atoms with E-state index in [0.717, 1.165) is 12.8 Å². The summed E-state index contributed by atoms with van der Waals surface area (Å²) in [7, 11) is -5.34. The molecule has 2 rings (SSSR count). The average Bonchev–Trinajstić information content (AvgIpc) is 2.57. The first-order valence-electron chi connectivity index (χ1n) is 5.15. The lowest BCUT2D eigenvalue weighted by Crippen LogP contribution is -2.06. The van der Waals surface area contributed by atoms with Crippen LogP contribution in [0.4, 0.5) is 0 Å². The fourth-order valence-electron chi connectivity index (χ4n) is 2.12. The third-order valence-electron chi connectivity index (χ3n) is 2.63. The smallest absolute Gasteiger partial charge is 0.325 e. The summed E-state index contributed by atoms with van der Waals surface area (Å²) >= 11 is 0. The molecule has 0 bridgehead atoms. The lowest BCUT2D eigenvalue weighted by atomic mass is 10.1. The van der Waals surface area contributed by atoms with E-state index in [1.807, 2.05) is 24.3 Å². The largest absolute Gasteiger partial charge is 0.348 e. The fourth-order valence-corrected chi connectivity index (χ4v) is 3.05. The van der Waals surface area contributed by atoms with Crippen molar-refractivity contribution in [1.82, 2.24) is 0 Å². The molecule has 5 nitrogen and oxygen atoms in total. The molecule has 0 aliphatic heterocycles. The van der Waals surface area contributed by atoms with Crippen LogP contribution in [0.5, 0.6) is 0 Å². The van der Waals surface area contributed by atoms with Gasteiger partial charge in [0.1, 0.15) is 0 Å². The van der Waals surface area contributed by atoms with Gasteiger partial charge in [-0.3, -0.25) is 9.13 Å². The van der Waals surface area contributed by atoms with Crippen molar-refractivity contribution in [1.29, 1.82) is 0 Å². The van der Waals surface area contributed by atoms with E-state index in [4.69, 9.17) is 19.2 Å². The predicted molar refractivity (Wildman–Crippen MR) is 66.9 cm³/mol. The Kier molecular flexibility index (Phi) is 5.57. The van der Waals surface area contributed by atoms with Crippen molar-refractivity contribution in [3.8, 4) is 0 Å². The number of benzene rings is 1. The molecule has 0 spiro atoms. The van der Waals surface area contributed by atoms with Crippen LogP contribution in [0.1, 0.15) is 11.1 Å². The first kappa shape index (κ1) is 14.6. The van der Waals surface area contributed by atoms with Crippen molar-refractivity contribution in [2.75, 3.05) is 6.16 Å². The van der Waals surface area contributed by atoms with Crippen LogP contribution < -0.4 is 0 Å². The highest BCUT2D eigenvalue weighted by molar-refractivity contribution is 7.51. The van der Waals surface area contributed by atoms with Crippen molar-refractivity contribution in [3.05, 3.63) is 35.4 Å². The highest BCUT2D eigenvalue weighted by atomic mass is 31.2. The van der Waals surface area contributed by atoms with Crippen LogP contribution in [0, 0.1) is 5.92 Å². The molecule has 7 heteroatoms. The Morgan fingerprint density at radius 2 is 1.65 bits per heavy atom. The van der Waals surface area contributed by atoms with Crippen molar-refractivity contribution in [3.63, 3.8) is 0 Å². The molecule has 0 heterocycles. The van der Waals surface area contributed by atoms with Crippen LogP contribution in [0.3, 0.4) is 0 Å². The highest BCUT2D eigenvalue weighted by Crippen LogP contribution is 2.41. The molecule has 3 N–H and O–H groups in total. The monoisotopic (exact) mass is 278 g/mol. The van der Waals surface area contributed by atoms with E-state index in [1.165, 1.54) is 11.1 Å². The van der Waals surface area contributed by atoms with Crippen LogP contribution in [0.15, 0.2) is 24.3 Å². The SMILES string of the molecule is O=P(O)(O)CC1Cc2ccccc2C1.O=[PH2]O.